The molecule has 56 valence electrons. The predicted molar refractivity (Wildman–Crippen MR) is 26.6 cm³/mol. The molecule has 0 aliphatic carbocycles. The summed E-state index contributed by atoms with van der Waals surface area (Å²) in [5.41, 5.74) is -1.99. The molecule has 0 saturated heterocycles. The van der Waals surface area contributed by atoms with Crippen molar-refractivity contribution in [3.63, 3.8) is 0 Å². The summed E-state index contributed by atoms with van der Waals surface area (Å²) in [7, 11) is -4.59. The molecule has 1 N–H and O–H groups in total. The van der Waals surface area contributed by atoms with Crippen LogP contribution >= 0.6 is 0 Å². The topological polar surface area (TPSA) is 54.4 Å². The van der Waals surface area contributed by atoms with Crippen LogP contribution in [-0.4, -0.2) is 24.7 Å². The summed E-state index contributed by atoms with van der Waals surface area (Å²) in [5, 5.41) is 8.18. The second-order valence-corrected chi connectivity index (χ2v) is 3.67. The van der Waals surface area contributed by atoms with Crippen LogP contribution in [-0.2, 0) is 9.84 Å². The van der Waals surface area contributed by atoms with Gasteiger partial charge in [0, 0.05) is 0 Å². The smallest absolute Gasteiger partial charge is 0.339 e. The van der Waals surface area contributed by atoms with E-state index >= 15 is 0 Å². The molecule has 9 heavy (non-hydrogen) atoms. The first-order valence-electron chi connectivity index (χ1n) is 2.08. The Labute approximate surface area is 51.2 Å². The van der Waals surface area contributed by atoms with Gasteiger partial charge < -0.3 is 5.11 Å². The zero-order chi connectivity index (χ0) is 7.65. The quantitative estimate of drug-likeness (QED) is 0.616. The molecule has 0 rings (SSSR count). The molecule has 0 bridgehead atoms. The highest BCUT2D eigenvalue weighted by Crippen LogP contribution is 2.08. The van der Waals surface area contributed by atoms with E-state index in [-0.39, 0.29) is 0 Å². The number of hydrogen-bond acceptors (Lipinski definition) is 3. The fourth-order valence-corrected chi connectivity index (χ4v) is 0.447. The van der Waals surface area contributed by atoms with E-state index in [0.717, 1.165) is 6.92 Å². The molecule has 3 nitrogen and oxygen atoms in total. The number of hydrogen-bond donors (Lipinski definition) is 1. The first-order valence-corrected chi connectivity index (χ1v) is 3.69. The van der Waals surface area contributed by atoms with Crippen LogP contribution in [0.5, 0.6) is 0 Å². The second kappa shape index (κ2) is 2.57. The molecule has 0 heterocycles. The lowest BCUT2D eigenvalue weighted by Gasteiger charge is -2.03. The number of alkyl halides is 2. The third kappa shape index (κ3) is 1.87. The summed E-state index contributed by atoms with van der Waals surface area (Å²) in [6, 6.07) is 0. The summed E-state index contributed by atoms with van der Waals surface area (Å²) in [4.78, 5) is 0. The molecule has 0 spiro atoms. The summed E-state index contributed by atoms with van der Waals surface area (Å²) in [6.07, 6.45) is 0. The fourth-order valence-electron chi connectivity index (χ4n) is 0.149. The van der Waals surface area contributed by atoms with Crippen LogP contribution in [0.3, 0.4) is 0 Å². The fraction of sp³-hybridized carbons (Fsp3) is 1.00. The van der Waals surface area contributed by atoms with Crippen LogP contribution in [0.15, 0.2) is 0 Å². The molecule has 1 unspecified atom stereocenters. The highest BCUT2D eigenvalue weighted by molar-refractivity contribution is 7.92. The van der Waals surface area contributed by atoms with Crippen molar-refractivity contribution in [3.05, 3.63) is 0 Å². The number of rotatable bonds is 2. The van der Waals surface area contributed by atoms with Gasteiger partial charge in [-0.15, -0.1) is 0 Å². The van der Waals surface area contributed by atoms with Crippen molar-refractivity contribution in [2.24, 2.45) is 0 Å². The predicted octanol–water partition coefficient (Wildman–Crippen LogP) is -0.0379. The second-order valence-electron chi connectivity index (χ2n) is 1.45. The Balaban J connectivity index is 4.42. The zero-order valence-electron chi connectivity index (χ0n) is 4.58. The molecule has 0 aromatic carbocycles. The van der Waals surface area contributed by atoms with E-state index in [1.54, 1.807) is 0 Å². The molecule has 0 fully saturated rings. The SMILES string of the molecule is CC(O)S(=O)(=O)C(F)F. The van der Waals surface area contributed by atoms with Crippen molar-refractivity contribution in [1.82, 2.24) is 0 Å². The van der Waals surface area contributed by atoms with Gasteiger partial charge in [-0.05, 0) is 6.92 Å². The van der Waals surface area contributed by atoms with E-state index in [2.05, 4.69) is 0 Å². The minimum absolute atomic E-state index is 0.779. The molecule has 0 amide bonds. The van der Waals surface area contributed by atoms with Gasteiger partial charge in [-0.1, -0.05) is 0 Å². The summed E-state index contributed by atoms with van der Waals surface area (Å²) in [5.74, 6) is -3.49. The van der Waals surface area contributed by atoms with Crippen LogP contribution in [0.25, 0.3) is 0 Å². The standard InChI is InChI=1S/C3H6F2O3S/c1-2(6)9(7,8)3(4)5/h2-3,6H,1H3. The highest BCUT2D eigenvalue weighted by atomic mass is 32.2. The Kier molecular flexibility index (Phi) is 2.50. The van der Waals surface area contributed by atoms with Crippen molar-refractivity contribution in [1.29, 1.82) is 0 Å². The third-order valence-electron chi connectivity index (χ3n) is 0.724. The number of aliphatic hydroxyl groups excluding tert-OH is 1. The maximum Gasteiger partial charge on any atom is 0.339 e. The van der Waals surface area contributed by atoms with Gasteiger partial charge in [-0.3, -0.25) is 0 Å². The number of halogens is 2. The van der Waals surface area contributed by atoms with Gasteiger partial charge in [0.2, 0.25) is 9.84 Å². The Bertz CT molecular complexity index is 157. The summed E-state index contributed by atoms with van der Waals surface area (Å²) in [6.45, 7) is 0.779. The van der Waals surface area contributed by atoms with Gasteiger partial charge in [0.25, 0.3) is 0 Å². The Hall–Kier alpha value is -0.230. The molecule has 1 atom stereocenters. The van der Waals surface area contributed by atoms with Crippen LogP contribution in [0.4, 0.5) is 8.78 Å². The molecule has 6 heteroatoms. The Morgan fingerprint density at radius 3 is 1.78 bits per heavy atom. The average Bonchev–Trinajstić information content (AvgIpc) is 1.65. The maximum absolute atomic E-state index is 11.3. The normalized spacial score (nSPS) is 16.1. The van der Waals surface area contributed by atoms with Gasteiger partial charge in [-0.2, -0.15) is 8.78 Å². The van der Waals surface area contributed by atoms with Crippen molar-refractivity contribution < 1.29 is 22.3 Å². The van der Waals surface area contributed by atoms with E-state index in [1.165, 1.54) is 0 Å². The van der Waals surface area contributed by atoms with Gasteiger partial charge in [0.15, 0.2) is 5.44 Å². The monoisotopic (exact) mass is 160 g/mol. The lowest BCUT2D eigenvalue weighted by Crippen LogP contribution is -2.23. The minimum Gasteiger partial charge on any atom is -0.377 e. The lowest BCUT2D eigenvalue weighted by atomic mass is 10.9. The molecule has 0 aliphatic heterocycles. The molecule has 0 saturated carbocycles. The van der Waals surface area contributed by atoms with E-state index < -0.39 is 21.0 Å². The summed E-state index contributed by atoms with van der Waals surface area (Å²) >= 11 is 0. The van der Waals surface area contributed by atoms with Crippen LogP contribution in [0, 0.1) is 0 Å². The molecule has 0 radical (unpaired) electrons. The number of sulfone groups is 1. The van der Waals surface area contributed by atoms with Gasteiger partial charge in [0.1, 0.15) is 0 Å². The van der Waals surface area contributed by atoms with Crippen LogP contribution < -0.4 is 0 Å². The molecule has 0 aromatic heterocycles. The zero-order valence-corrected chi connectivity index (χ0v) is 5.40. The van der Waals surface area contributed by atoms with E-state index in [1.807, 2.05) is 0 Å². The van der Waals surface area contributed by atoms with E-state index in [4.69, 9.17) is 5.11 Å². The Morgan fingerprint density at radius 2 is 1.78 bits per heavy atom. The van der Waals surface area contributed by atoms with Gasteiger partial charge in [0.05, 0.1) is 0 Å². The molecule has 0 aliphatic rings. The largest absolute Gasteiger partial charge is 0.377 e. The van der Waals surface area contributed by atoms with Crippen LogP contribution in [0.2, 0.25) is 0 Å². The van der Waals surface area contributed by atoms with Crippen molar-refractivity contribution in [3.8, 4) is 0 Å². The Morgan fingerprint density at radius 1 is 1.44 bits per heavy atom. The van der Waals surface area contributed by atoms with Crippen molar-refractivity contribution >= 4 is 9.84 Å². The first kappa shape index (κ1) is 8.77. The summed E-state index contributed by atoms with van der Waals surface area (Å²) < 4.78 is 42.7. The molecular formula is C3H6F2O3S. The molecular weight excluding hydrogens is 154 g/mol. The molecule has 0 aromatic rings. The third-order valence-corrected chi connectivity index (χ3v) is 2.17. The van der Waals surface area contributed by atoms with E-state index in [0.29, 0.717) is 0 Å². The van der Waals surface area contributed by atoms with Crippen LogP contribution in [0.1, 0.15) is 6.92 Å². The first-order chi connectivity index (χ1) is 3.89. The van der Waals surface area contributed by atoms with Crippen molar-refractivity contribution in [2.45, 2.75) is 18.1 Å². The average molecular weight is 160 g/mol. The minimum atomic E-state index is -4.59. The number of aliphatic hydroxyl groups is 1. The van der Waals surface area contributed by atoms with Crippen molar-refractivity contribution in [2.75, 3.05) is 0 Å². The maximum atomic E-state index is 11.3. The van der Waals surface area contributed by atoms with Gasteiger partial charge in [-0.25, -0.2) is 8.42 Å². The highest BCUT2D eigenvalue weighted by Gasteiger charge is 2.28. The lowest BCUT2D eigenvalue weighted by molar-refractivity contribution is 0.207. The van der Waals surface area contributed by atoms with Gasteiger partial charge >= 0.3 is 5.76 Å². The van der Waals surface area contributed by atoms with E-state index in [9.17, 15) is 17.2 Å².